The van der Waals surface area contributed by atoms with Crippen molar-refractivity contribution in [2.24, 2.45) is 0 Å². The van der Waals surface area contributed by atoms with Gasteiger partial charge in [0.05, 0.1) is 33.5 Å². The highest BCUT2D eigenvalue weighted by Gasteiger charge is 2.16. The first-order chi connectivity index (χ1) is 16.6. The van der Waals surface area contributed by atoms with E-state index in [9.17, 15) is 0 Å². The van der Waals surface area contributed by atoms with Gasteiger partial charge in [0.25, 0.3) is 0 Å². The van der Waals surface area contributed by atoms with E-state index in [0.29, 0.717) is 17.6 Å². The van der Waals surface area contributed by atoms with Gasteiger partial charge in [-0.1, -0.05) is 36.4 Å². The fourth-order valence-electron chi connectivity index (χ4n) is 4.32. The monoisotopic (exact) mass is 443 g/mol. The van der Waals surface area contributed by atoms with E-state index in [2.05, 4.69) is 55.9 Å². The van der Waals surface area contributed by atoms with Gasteiger partial charge < -0.3 is 0 Å². The molecule has 0 saturated heterocycles. The van der Waals surface area contributed by atoms with Crippen LogP contribution < -0.4 is 0 Å². The molecule has 0 radical (unpaired) electrons. The van der Waals surface area contributed by atoms with Gasteiger partial charge >= 0.3 is 0 Å². The first-order valence-corrected chi connectivity index (χ1v) is 11.1. The summed E-state index contributed by atoms with van der Waals surface area (Å²) in [5.41, 5.74) is 6.28. The van der Waals surface area contributed by atoms with Crippen LogP contribution in [-0.4, -0.2) is 34.5 Å². The first-order valence-electron chi connectivity index (χ1n) is 11.1. The molecule has 0 fully saturated rings. The maximum absolute atomic E-state index is 4.86. The van der Waals surface area contributed by atoms with E-state index in [1.165, 1.54) is 10.8 Å². The van der Waals surface area contributed by atoms with Crippen molar-refractivity contribution in [2.45, 2.75) is 20.8 Å². The third-order valence-electron chi connectivity index (χ3n) is 6.00. The van der Waals surface area contributed by atoms with Crippen molar-refractivity contribution in [3.8, 4) is 28.7 Å². The van der Waals surface area contributed by atoms with Crippen molar-refractivity contribution < 1.29 is 0 Å². The number of benzene rings is 2. The molecule has 0 amide bonds. The lowest BCUT2D eigenvalue weighted by atomic mass is 10.2. The minimum absolute atomic E-state index is 0.583. The quantitative estimate of drug-likeness (QED) is 0.364. The predicted octanol–water partition coefficient (Wildman–Crippen LogP) is 5.41. The average molecular weight is 444 g/mol. The Morgan fingerprint density at radius 3 is 1.79 bits per heavy atom. The summed E-state index contributed by atoms with van der Waals surface area (Å²) in [6, 6.07) is 18.5. The minimum atomic E-state index is 0.583. The number of hydrogen-bond donors (Lipinski definition) is 0. The third kappa shape index (κ3) is 3.21. The maximum Gasteiger partial charge on any atom is 0.234 e. The molecule has 0 bridgehead atoms. The first kappa shape index (κ1) is 20.1. The fourth-order valence-corrected chi connectivity index (χ4v) is 4.32. The maximum atomic E-state index is 4.86. The molecule has 0 atom stereocenters. The summed E-state index contributed by atoms with van der Waals surface area (Å²) in [7, 11) is 0. The Morgan fingerprint density at radius 2 is 1.18 bits per heavy atom. The number of aromatic nitrogens is 7. The lowest BCUT2D eigenvalue weighted by molar-refractivity contribution is 0.958. The number of nitrogens with zero attached hydrogens (tertiary/aromatic N) is 7. The van der Waals surface area contributed by atoms with Gasteiger partial charge in [0.2, 0.25) is 5.95 Å². The van der Waals surface area contributed by atoms with Crippen molar-refractivity contribution >= 4 is 21.8 Å². The van der Waals surface area contributed by atoms with E-state index in [-0.39, 0.29) is 0 Å². The van der Waals surface area contributed by atoms with Crippen LogP contribution in [0.1, 0.15) is 17.1 Å². The van der Waals surface area contributed by atoms with E-state index in [0.717, 1.165) is 39.2 Å². The smallest absolute Gasteiger partial charge is 0.234 e. The van der Waals surface area contributed by atoms with Gasteiger partial charge in [0.15, 0.2) is 11.6 Å². The zero-order valence-electron chi connectivity index (χ0n) is 19.1. The van der Waals surface area contributed by atoms with Crippen LogP contribution in [0, 0.1) is 20.8 Å². The molecule has 4 heterocycles. The van der Waals surface area contributed by atoms with Crippen molar-refractivity contribution in [3.63, 3.8) is 0 Å². The van der Waals surface area contributed by atoms with E-state index < -0.39 is 0 Å². The normalized spacial score (nSPS) is 11.4. The molecule has 6 aromatic rings. The Kier molecular flexibility index (Phi) is 4.62. The Hall–Kier alpha value is -4.52. The number of fused-ring (bicyclic) bond motifs is 3. The molecule has 0 aliphatic carbocycles. The summed E-state index contributed by atoms with van der Waals surface area (Å²) in [4.78, 5) is 27.8. The molecule has 2 aromatic carbocycles. The Balaban J connectivity index is 1.45. The molecule has 0 spiro atoms. The average Bonchev–Trinajstić information content (AvgIpc) is 3.18. The van der Waals surface area contributed by atoms with Crippen molar-refractivity contribution in [2.75, 3.05) is 0 Å². The molecule has 0 aliphatic rings. The fraction of sp³-hybridized carbons (Fsp3) is 0.111. The molecule has 0 saturated carbocycles. The summed E-state index contributed by atoms with van der Waals surface area (Å²) in [5, 5.41) is 2.35. The molecule has 34 heavy (non-hydrogen) atoms. The number of aryl methyl sites for hydroxylation is 3. The Labute approximate surface area is 196 Å². The minimum Gasteiger partial charge on any atom is -0.278 e. The zero-order valence-corrected chi connectivity index (χ0v) is 19.1. The van der Waals surface area contributed by atoms with E-state index in [4.69, 9.17) is 15.0 Å². The van der Waals surface area contributed by atoms with Gasteiger partial charge in [0, 0.05) is 35.1 Å². The second-order valence-electron chi connectivity index (χ2n) is 8.25. The number of rotatable bonds is 3. The zero-order chi connectivity index (χ0) is 23.2. The van der Waals surface area contributed by atoms with Gasteiger partial charge in [0.1, 0.15) is 0 Å². The SMILES string of the molecule is Cc1ccnc(-c2cnc(-c3cnc(-n4c5ccccc5c5ccccc54)nc3C)nc2C)n1. The number of hydrogen-bond acceptors (Lipinski definition) is 6. The summed E-state index contributed by atoms with van der Waals surface area (Å²) >= 11 is 0. The molecule has 7 nitrogen and oxygen atoms in total. The topological polar surface area (TPSA) is 82.3 Å². The second kappa shape index (κ2) is 7.81. The molecule has 0 aliphatic heterocycles. The molecule has 0 unspecified atom stereocenters. The van der Waals surface area contributed by atoms with Crippen LogP contribution in [0.3, 0.4) is 0 Å². The number of para-hydroxylation sites is 2. The van der Waals surface area contributed by atoms with Crippen molar-refractivity contribution in [1.82, 2.24) is 34.5 Å². The molecule has 0 N–H and O–H groups in total. The van der Waals surface area contributed by atoms with E-state index in [1.54, 1.807) is 18.6 Å². The Morgan fingerprint density at radius 1 is 0.588 bits per heavy atom. The highest BCUT2D eigenvalue weighted by molar-refractivity contribution is 6.08. The molecule has 7 heteroatoms. The van der Waals surface area contributed by atoms with Gasteiger partial charge in [-0.05, 0) is 39.0 Å². The van der Waals surface area contributed by atoms with Crippen LogP contribution in [0.15, 0.2) is 73.2 Å². The van der Waals surface area contributed by atoms with Crippen molar-refractivity contribution in [3.05, 3.63) is 90.3 Å². The highest BCUT2D eigenvalue weighted by atomic mass is 15.2. The predicted molar refractivity (Wildman–Crippen MR) is 133 cm³/mol. The summed E-state index contributed by atoms with van der Waals surface area (Å²) in [5.74, 6) is 1.83. The largest absolute Gasteiger partial charge is 0.278 e. The van der Waals surface area contributed by atoms with Crippen LogP contribution in [0.2, 0.25) is 0 Å². The van der Waals surface area contributed by atoms with Crippen LogP contribution in [0.25, 0.3) is 50.5 Å². The van der Waals surface area contributed by atoms with E-state index >= 15 is 0 Å². The summed E-state index contributed by atoms with van der Waals surface area (Å²) < 4.78 is 2.10. The summed E-state index contributed by atoms with van der Waals surface area (Å²) in [6.07, 6.45) is 5.32. The highest BCUT2D eigenvalue weighted by Crippen LogP contribution is 2.31. The standard InChI is InChI=1S/C27H21N7/c1-16-12-13-28-25(31-16)21-14-29-26(32-17(21)2)22-15-30-27(33-18(22)3)34-23-10-6-4-8-19(23)20-9-5-7-11-24(20)34/h4-15H,1-3H3. The third-order valence-corrected chi connectivity index (χ3v) is 6.00. The van der Waals surface area contributed by atoms with E-state index in [1.807, 2.05) is 39.0 Å². The van der Waals surface area contributed by atoms with Gasteiger partial charge in [-0.25, -0.2) is 29.9 Å². The second-order valence-corrected chi connectivity index (χ2v) is 8.25. The molecular weight excluding hydrogens is 422 g/mol. The van der Waals surface area contributed by atoms with Crippen LogP contribution in [0.5, 0.6) is 0 Å². The summed E-state index contributed by atoms with van der Waals surface area (Å²) in [6.45, 7) is 5.84. The molecule has 164 valence electrons. The van der Waals surface area contributed by atoms with Gasteiger partial charge in [-0.15, -0.1) is 0 Å². The van der Waals surface area contributed by atoms with Crippen LogP contribution in [0.4, 0.5) is 0 Å². The Bertz CT molecular complexity index is 1650. The lowest BCUT2D eigenvalue weighted by Gasteiger charge is -2.10. The van der Waals surface area contributed by atoms with Gasteiger partial charge in [-0.2, -0.15) is 0 Å². The molecule has 4 aromatic heterocycles. The van der Waals surface area contributed by atoms with Crippen molar-refractivity contribution in [1.29, 1.82) is 0 Å². The lowest BCUT2D eigenvalue weighted by Crippen LogP contribution is -2.05. The van der Waals surface area contributed by atoms with Crippen LogP contribution in [-0.2, 0) is 0 Å². The van der Waals surface area contributed by atoms with Crippen LogP contribution >= 0.6 is 0 Å². The van der Waals surface area contributed by atoms with Gasteiger partial charge in [-0.3, -0.25) is 4.57 Å². The molecular formula is C27H21N7. The molecule has 6 rings (SSSR count).